The molecule has 0 saturated carbocycles. The zero-order chi connectivity index (χ0) is 20.5. The molecule has 2 rings (SSSR count). The van der Waals surface area contributed by atoms with Crippen molar-refractivity contribution >= 4 is 40.5 Å². The molecule has 0 heterocycles. The first kappa shape index (κ1) is 21.4. The molecule has 2 aromatic rings. The third-order valence-electron chi connectivity index (χ3n) is 3.76. The van der Waals surface area contributed by atoms with Crippen molar-refractivity contribution < 1.29 is 14.3 Å². The summed E-state index contributed by atoms with van der Waals surface area (Å²) in [4.78, 5) is 24.2. The van der Waals surface area contributed by atoms with E-state index < -0.39 is 0 Å². The number of benzene rings is 2. The Kier molecular flexibility index (Phi) is 7.95. The molecule has 7 heteroatoms. The molecule has 3 N–H and O–H groups in total. The summed E-state index contributed by atoms with van der Waals surface area (Å²) in [6.45, 7) is 6.20. The molecule has 0 spiro atoms. The van der Waals surface area contributed by atoms with E-state index >= 15 is 0 Å². The van der Waals surface area contributed by atoms with E-state index in [0.717, 1.165) is 6.42 Å². The highest BCUT2D eigenvalue weighted by Crippen LogP contribution is 2.18. The predicted molar refractivity (Wildman–Crippen MR) is 116 cm³/mol. The Balaban J connectivity index is 1.95. The molecule has 0 unspecified atom stereocenters. The van der Waals surface area contributed by atoms with Crippen LogP contribution < -0.4 is 20.7 Å². The zero-order valence-electron chi connectivity index (χ0n) is 16.2. The highest BCUT2D eigenvalue weighted by molar-refractivity contribution is 7.80. The number of ether oxygens (including phenoxy) is 1. The molecular weight excluding hydrogens is 374 g/mol. The number of amides is 2. The van der Waals surface area contributed by atoms with E-state index in [1.165, 1.54) is 0 Å². The van der Waals surface area contributed by atoms with Crippen LogP contribution >= 0.6 is 12.2 Å². The van der Waals surface area contributed by atoms with Crippen molar-refractivity contribution in [3.63, 3.8) is 0 Å². The maximum atomic E-state index is 12.5. The second-order valence-electron chi connectivity index (χ2n) is 6.47. The van der Waals surface area contributed by atoms with E-state index in [0.29, 0.717) is 29.3 Å². The Morgan fingerprint density at radius 2 is 1.61 bits per heavy atom. The van der Waals surface area contributed by atoms with Crippen LogP contribution in [-0.4, -0.2) is 23.5 Å². The van der Waals surface area contributed by atoms with E-state index in [-0.39, 0.29) is 22.8 Å². The second-order valence-corrected chi connectivity index (χ2v) is 6.88. The normalized spacial score (nSPS) is 10.3. The first-order chi connectivity index (χ1) is 13.4. The fourth-order valence-electron chi connectivity index (χ4n) is 2.25. The lowest BCUT2D eigenvalue weighted by molar-refractivity contribution is -0.118. The first-order valence-electron chi connectivity index (χ1n) is 9.15. The summed E-state index contributed by atoms with van der Waals surface area (Å²) >= 11 is 5.23. The van der Waals surface area contributed by atoms with Crippen LogP contribution in [0, 0.1) is 5.92 Å². The van der Waals surface area contributed by atoms with E-state index in [9.17, 15) is 9.59 Å². The molecule has 0 aliphatic rings. The van der Waals surface area contributed by atoms with Gasteiger partial charge < -0.3 is 15.4 Å². The molecule has 0 fully saturated rings. The van der Waals surface area contributed by atoms with Crippen molar-refractivity contribution in [2.45, 2.75) is 27.2 Å². The minimum atomic E-state index is -0.343. The van der Waals surface area contributed by atoms with Gasteiger partial charge >= 0.3 is 0 Å². The Morgan fingerprint density at radius 1 is 1.00 bits per heavy atom. The molecule has 0 aliphatic carbocycles. The minimum Gasteiger partial charge on any atom is -0.493 e. The molecule has 28 heavy (non-hydrogen) atoms. The van der Waals surface area contributed by atoms with Crippen molar-refractivity contribution in [2.24, 2.45) is 5.92 Å². The van der Waals surface area contributed by atoms with Crippen LogP contribution in [0.3, 0.4) is 0 Å². The molecule has 6 nitrogen and oxygen atoms in total. The highest BCUT2D eigenvalue weighted by Gasteiger charge is 2.13. The van der Waals surface area contributed by atoms with Crippen molar-refractivity contribution in [3.8, 4) is 5.75 Å². The molecule has 0 atom stereocenters. The van der Waals surface area contributed by atoms with Gasteiger partial charge in [0.2, 0.25) is 5.91 Å². The van der Waals surface area contributed by atoms with Gasteiger partial charge in [0, 0.05) is 17.3 Å². The Morgan fingerprint density at radius 3 is 2.21 bits per heavy atom. The number of carbonyl (C=O) groups is 2. The number of para-hydroxylation sites is 1. The Hall–Kier alpha value is -2.93. The maximum absolute atomic E-state index is 12.5. The van der Waals surface area contributed by atoms with Gasteiger partial charge in [-0.1, -0.05) is 32.9 Å². The van der Waals surface area contributed by atoms with Crippen LogP contribution in [-0.2, 0) is 4.79 Å². The highest BCUT2D eigenvalue weighted by atomic mass is 32.1. The van der Waals surface area contributed by atoms with E-state index in [4.69, 9.17) is 17.0 Å². The van der Waals surface area contributed by atoms with Gasteiger partial charge in [-0.15, -0.1) is 0 Å². The van der Waals surface area contributed by atoms with Gasteiger partial charge in [0.1, 0.15) is 5.75 Å². The number of anilines is 2. The number of rotatable bonds is 7. The number of hydrogen-bond acceptors (Lipinski definition) is 4. The molecule has 0 aliphatic heterocycles. The monoisotopic (exact) mass is 399 g/mol. The number of carbonyl (C=O) groups excluding carboxylic acids is 2. The van der Waals surface area contributed by atoms with Gasteiger partial charge in [-0.25, -0.2) is 0 Å². The first-order valence-corrected chi connectivity index (χ1v) is 9.56. The van der Waals surface area contributed by atoms with Gasteiger partial charge in [-0.05, 0) is 55.0 Å². The van der Waals surface area contributed by atoms with Gasteiger partial charge in [-0.2, -0.15) is 0 Å². The summed E-state index contributed by atoms with van der Waals surface area (Å²) < 4.78 is 5.61. The van der Waals surface area contributed by atoms with Crippen LogP contribution in [0.1, 0.15) is 37.6 Å². The SMILES string of the molecule is CCCOc1ccccc1C(=O)NC(=S)Nc1ccc(NC(=O)C(C)C)cc1. The quantitative estimate of drug-likeness (QED) is 0.608. The molecule has 148 valence electrons. The summed E-state index contributed by atoms with van der Waals surface area (Å²) in [6.07, 6.45) is 0.851. The molecular formula is C21H25N3O3S. The largest absolute Gasteiger partial charge is 0.493 e. The topological polar surface area (TPSA) is 79.5 Å². The summed E-state index contributed by atoms with van der Waals surface area (Å²) in [5.41, 5.74) is 1.82. The summed E-state index contributed by atoms with van der Waals surface area (Å²) in [6, 6.07) is 14.1. The van der Waals surface area contributed by atoms with Crippen molar-refractivity contribution in [1.82, 2.24) is 5.32 Å². The van der Waals surface area contributed by atoms with Crippen LogP contribution in [0.4, 0.5) is 11.4 Å². The molecule has 0 radical (unpaired) electrons. The van der Waals surface area contributed by atoms with Crippen LogP contribution in [0.25, 0.3) is 0 Å². The van der Waals surface area contributed by atoms with Gasteiger partial charge in [0.25, 0.3) is 5.91 Å². The summed E-state index contributed by atoms with van der Waals surface area (Å²) in [5.74, 6) is 0.0390. The standard InChI is InChI=1S/C21H25N3O3S/c1-4-13-27-18-8-6-5-7-17(18)20(26)24-21(28)23-16-11-9-15(10-12-16)22-19(25)14(2)3/h5-12,14H,4,13H2,1-3H3,(H,22,25)(H2,23,24,26,28). The summed E-state index contributed by atoms with van der Waals surface area (Å²) in [7, 11) is 0. The van der Waals surface area contributed by atoms with Crippen LogP contribution in [0.15, 0.2) is 48.5 Å². The number of hydrogen-bond donors (Lipinski definition) is 3. The maximum Gasteiger partial charge on any atom is 0.261 e. The van der Waals surface area contributed by atoms with Gasteiger partial charge in [0.15, 0.2) is 5.11 Å². The van der Waals surface area contributed by atoms with E-state index in [2.05, 4.69) is 16.0 Å². The Labute approximate surface area is 170 Å². The average Bonchev–Trinajstić information content (AvgIpc) is 2.67. The molecule has 2 aromatic carbocycles. The summed E-state index contributed by atoms with van der Waals surface area (Å²) in [5, 5.41) is 8.60. The fraction of sp³-hybridized carbons (Fsp3) is 0.286. The average molecular weight is 400 g/mol. The van der Waals surface area contributed by atoms with Crippen molar-refractivity contribution in [2.75, 3.05) is 17.2 Å². The van der Waals surface area contributed by atoms with E-state index in [1.54, 1.807) is 42.5 Å². The lowest BCUT2D eigenvalue weighted by atomic mass is 10.2. The third-order valence-corrected chi connectivity index (χ3v) is 3.96. The molecule has 2 amide bonds. The Bertz CT molecular complexity index is 835. The van der Waals surface area contributed by atoms with Gasteiger partial charge in [-0.3, -0.25) is 14.9 Å². The predicted octanol–water partition coefficient (Wildman–Crippen LogP) is 4.20. The smallest absolute Gasteiger partial charge is 0.261 e. The minimum absolute atomic E-state index is 0.0487. The zero-order valence-corrected chi connectivity index (χ0v) is 17.1. The number of nitrogens with one attached hydrogen (secondary N) is 3. The van der Waals surface area contributed by atoms with Crippen LogP contribution in [0.2, 0.25) is 0 Å². The molecule has 0 saturated heterocycles. The number of thiocarbonyl (C=S) groups is 1. The van der Waals surface area contributed by atoms with Crippen molar-refractivity contribution in [1.29, 1.82) is 0 Å². The lowest BCUT2D eigenvalue weighted by Crippen LogP contribution is -2.34. The van der Waals surface area contributed by atoms with Crippen molar-refractivity contribution in [3.05, 3.63) is 54.1 Å². The second kappa shape index (κ2) is 10.4. The van der Waals surface area contributed by atoms with Crippen LogP contribution in [0.5, 0.6) is 5.75 Å². The molecule has 0 bridgehead atoms. The fourth-order valence-corrected chi connectivity index (χ4v) is 2.46. The molecule has 0 aromatic heterocycles. The third kappa shape index (κ3) is 6.35. The van der Waals surface area contributed by atoms with Gasteiger partial charge in [0.05, 0.1) is 12.2 Å². The van der Waals surface area contributed by atoms with E-state index in [1.807, 2.05) is 26.8 Å². The lowest BCUT2D eigenvalue weighted by Gasteiger charge is -2.13.